The zero-order chi connectivity index (χ0) is 13.9. The molecule has 0 aliphatic rings. The molecular weight excluding hydrogens is 250 g/mol. The normalized spacial score (nSPS) is 10.4. The SMILES string of the molecule is COc1ccc(-c2cc(C=O)nc3ccccc23)cc1. The summed E-state index contributed by atoms with van der Waals surface area (Å²) in [4.78, 5) is 15.4. The van der Waals surface area contributed by atoms with E-state index in [1.165, 1.54) is 0 Å². The van der Waals surface area contributed by atoms with Crippen molar-refractivity contribution in [1.82, 2.24) is 4.98 Å². The molecule has 0 bridgehead atoms. The first-order valence-corrected chi connectivity index (χ1v) is 6.31. The number of hydrogen-bond donors (Lipinski definition) is 0. The molecule has 0 aliphatic heterocycles. The lowest BCUT2D eigenvalue weighted by atomic mass is 10.00. The van der Waals surface area contributed by atoms with E-state index < -0.39 is 0 Å². The summed E-state index contributed by atoms with van der Waals surface area (Å²) >= 11 is 0. The number of aromatic nitrogens is 1. The lowest BCUT2D eigenvalue weighted by Gasteiger charge is -2.08. The van der Waals surface area contributed by atoms with Crippen molar-refractivity contribution >= 4 is 17.2 Å². The molecule has 0 fully saturated rings. The largest absolute Gasteiger partial charge is 0.497 e. The number of pyridine rings is 1. The van der Waals surface area contributed by atoms with E-state index in [1.54, 1.807) is 7.11 Å². The quantitative estimate of drug-likeness (QED) is 0.676. The Morgan fingerprint density at radius 2 is 1.80 bits per heavy atom. The van der Waals surface area contributed by atoms with Crippen LogP contribution in [0.5, 0.6) is 5.75 Å². The molecule has 20 heavy (non-hydrogen) atoms. The topological polar surface area (TPSA) is 39.2 Å². The van der Waals surface area contributed by atoms with Crippen LogP contribution in [0.2, 0.25) is 0 Å². The molecule has 0 N–H and O–H groups in total. The predicted molar refractivity (Wildman–Crippen MR) is 79.1 cm³/mol. The van der Waals surface area contributed by atoms with Crippen molar-refractivity contribution in [2.45, 2.75) is 0 Å². The fraction of sp³-hybridized carbons (Fsp3) is 0.0588. The number of fused-ring (bicyclic) bond motifs is 1. The third-order valence-corrected chi connectivity index (χ3v) is 3.26. The van der Waals surface area contributed by atoms with Gasteiger partial charge in [-0.1, -0.05) is 30.3 Å². The van der Waals surface area contributed by atoms with Gasteiger partial charge in [-0.25, -0.2) is 4.98 Å². The van der Waals surface area contributed by atoms with Crippen LogP contribution in [-0.2, 0) is 0 Å². The number of carbonyl (C=O) groups excluding carboxylic acids is 1. The Morgan fingerprint density at radius 3 is 2.50 bits per heavy atom. The van der Waals surface area contributed by atoms with Crippen LogP contribution >= 0.6 is 0 Å². The van der Waals surface area contributed by atoms with Crippen LogP contribution in [0.3, 0.4) is 0 Å². The van der Waals surface area contributed by atoms with Crippen molar-refractivity contribution in [3.05, 3.63) is 60.3 Å². The summed E-state index contributed by atoms with van der Waals surface area (Å²) < 4.78 is 5.17. The molecule has 0 atom stereocenters. The van der Waals surface area contributed by atoms with Gasteiger partial charge < -0.3 is 4.74 Å². The number of aldehydes is 1. The lowest BCUT2D eigenvalue weighted by molar-refractivity contribution is 0.111. The van der Waals surface area contributed by atoms with Gasteiger partial charge >= 0.3 is 0 Å². The van der Waals surface area contributed by atoms with Gasteiger partial charge in [0.15, 0.2) is 6.29 Å². The molecule has 0 aliphatic carbocycles. The molecule has 2 aromatic carbocycles. The van der Waals surface area contributed by atoms with Gasteiger partial charge in [0.1, 0.15) is 11.4 Å². The molecule has 1 aromatic heterocycles. The van der Waals surface area contributed by atoms with Gasteiger partial charge in [-0.05, 0) is 35.4 Å². The average Bonchev–Trinajstić information content (AvgIpc) is 2.54. The van der Waals surface area contributed by atoms with Crippen molar-refractivity contribution in [2.75, 3.05) is 7.11 Å². The molecule has 0 saturated heterocycles. The average molecular weight is 263 g/mol. The molecule has 3 aromatic rings. The van der Waals surface area contributed by atoms with Gasteiger partial charge in [0.25, 0.3) is 0 Å². The third-order valence-electron chi connectivity index (χ3n) is 3.26. The van der Waals surface area contributed by atoms with Crippen LogP contribution in [0.15, 0.2) is 54.6 Å². The fourth-order valence-electron chi connectivity index (χ4n) is 2.27. The van der Waals surface area contributed by atoms with E-state index in [2.05, 4.69) is 4.98 Å². The summed E-state index contributed by atoms with van der Waals surface area (Å²) in [5.74, 6) is 0.808. The Bertz CT molecular complexity index is 764. The van der Waals surface area contributed by atoms with Gasteiger partial charge in [-0.2, -0.15) is 0 Å². The standard InChI is InChI=1S/C17H13NO2/c1-20-14-8-6-12(7-9-14)16-10-13(11-19)18-17-5-3-2-4-15(16)17/h2-11H,1H3. The Labute approximate surface area is 116 Å². The van der Waals surface area contributed by atoms with Crippen LogP contribution in [0.4, 0.5) is 0 Å². The summed E-state index contributed by atoms with van der Waals surface area (Å²) in [6.07, 6.45) is 0.777. The number of hydrogen-bond acceptors (Lipinski definition) is 3. The summed E-state index contributed by atoms with van der Waals surface area (Å²) in [5.41, 5.74) is 3.30. The van der Waals surface area contributed by atoms with E-state index in [0.717, 1.165) is 34.1 Å². The van der Waals surface area contributed by atoms with E-state index in [1.807, 2.05) is 54.6 Å². The highest BCUT2D eigenvalue weighted by molar-refractivity contribution is 5.97. The maximum atomic E-state index is 11.1. The van der Waals surface area contributed by atoms with Gasteiger partial charge in [0, 0.05) is 5.39 Å². The van der Waals surface area contributed by atoms with Crippen molar-refractivity contribution in [2.24, 2.45) is 0 Å². The molecule has 0 unspecified atom stereocenters. The number of ether oxygens (including phenoxy) is 1. The summed E-state index contributed by atoms with van der Waals surface area (Å²) in [6, 6.07) is 17.4. The van der Waals surface area contributed by atoms with Crippen LogP contribution in [-0.4, -0.2) is 18.4 Å². The van der Waals surface area contributed by atoms with Crippen LogP contribution in [0.25, 0.3) is 22.0 Å². The van der Waals surface area contributed by atoms with E-state index in [9.17, 15) is 4.79 Å². The molecule has 3 heteroatoms. The zero-order valence-corrected chi connectivity index (χ0v) is 11.0. The van der Waals surface area contributed by atoms with Crippen molar-refractivity contribution in [3.63, 3.8) is 0 Å². The summed E-state index contributed by atoms with van der Waals surface area (Å²) in [5, 5.41) is 1.03. The van der Waals surface area contributed by atoms with E-state index in [-0.39, 0.29) is 0 Å². The van der Waals surface area contributed by atoms with E-state index >= 15 is 0 Å². The van der Waals surface area contributed by atoms with Crippen molar-refractivity contribution < 1.29 is 9.53 Å². The second-order valence-corrected chi connectivity index (χ2v) is 4.46. The van der Waals surface area contributed by atoms with Gasteiger partial charge in [0.2, 0.25) is 0 Å². The smallest absolute Gasteiger partial charge is 0.168 e. The molecular formula is C17H13NO2. The first kappa shape index (κ1) is 12.4. The molecule has 3 nitrogen and oxygen atoms in total. The summed E-state index contributed by atoms with van der Waals surface area (Å²) in [6.45, 7) is 0. The lowest BCUT2D eigenvalue weighted by Crippen LogP contribution is -1.91. The monoisotopic (exact) mass is 263 g/mol. The van der Waals surface area contributed by atoms with Crippen LogP contribution in [0, 0.1) is 0 Å². The number of nitrogens with zero attached hydrogens (tertiary/aromatic N) is 1. The number of carbonyl (C=O) groups is 1. The Morgan fingerprint density at radius 1 is 1.05 bits per heavy atom. The first-order chi connectivity index (χ1) is 9.81. The minimum absolute atomic E-state index is 0.439. The Balaban J connectivity index is 2.24. The second-order valence-electron chi connectivity index (χ2n) is 4.46. The maximum absolute atomic E-state index is 11.1. The molecule has 1 heterocycles. The third kappa shape index (κ3) is 2.14. The second kappa shape index (κ2) is 5.13. The first-order valence-electron chi connectivity index (χ1n) is 6.31. The van der Waals surface area contributed by atoms with Crippen LogP contribution < -0.4 is 4.74 Å². The van der Waals surface area contributed by atoms with Gasteiger partial charge in [-0.3, -0.25) is 4.79 Å². The highest BCUT2D eigenvalue weighted by Gasteiger charge is 2.07. The zero-order valence-electron chi connectivity index (χ0n) is 11.0. The molecule has 0 spiro atoms. The number of rotatable bonds is 3. The molecule has 0 amide bonds. The Hall–Kier alpha value is -2.68. The molecule has 3 rings (SSSR count). The molecule has 98 valence electrons. The number of para-hydroxylation sites is 1. The number of methoxy groups -OCH3 is 1. The highest BCUT2D eigenvalue weighted by atomic mass is 16.5. The number of benzene rings is 2. The minimum Gasteiger partial charge on any atom is -0.497 e. The highest BCUT2D eigenvalue weighted by Crippen LogP contribution is 2.29. The summed E-state index contributed by atoms with van der Waals surface area (Å²) in [7, 11) is 1.64. The van der Waals surface area contributed by atoms with Crippen LogP contribution in [0.1, 0.15) is 10.5 Å². The van der Waals surface area contributed by atoms with Crippen molar-refractivity contribution in [1.29, 1.82) is 0 Å². The van der Waals surface area contributed by atoms with Gasteiger partial charge in [-0.15, -0.1) is 0 Å². The maximum Gasteiger partial charge on any atom is 0.168 e. The molecule has 0 radical (unpaired) electrons. The van der Waals surface area contributed by atoms with Crippen molar-refractivity contribution in [3.8, 4) is 16.9 Å². The van der Waals surface area contributed by atoms with E-state index in [4.69, 9.17) is 4.74 Å². The van der Waals surface area contributed by atoms with Gasteiger partial charge in [0.05, 0.1) is 12.6 Å². The van der Waals surface area contributed by atoms with E-state index in [0.29, 0.717) is 5.69 Å². The fourth-order valence-corrected chi connectivity index (χ4v) is 2.27. The minimum atomic E-state index is 0.439. The Kier molecular flexibility index (Phi) is 3.17. The predicted octanol–water partition coefficient (Wildman–Crippen LogP) is 3.72. The molecule has 0 saturated carbocycles.